The Labute approximate surface area is 248 Å². The first-order valence-corrected chi connectivity index (χ1v) is 14.1. The van der Waals surface area contributed by atoms with Crippen molar-refractivity contribution in [2.24, 2.45) is 0 Å². The van der Waals surface area contributed by atoms with E-state index in [1.807, 2.05) is 24.3 Å². The molecule has 0 fully saturated rings. The van der Waals surface area contributed by atoms with E-state index in [0.717, 1.165) is 45.6 Å². The Kier molecular flexibility index (Phi) is 7.52. The standard InChI is InChI=1S/C38H34N2O2/c1-27-8-12-31(13-9-27)39(33-16-20-37(41-3)21-17-33)35-24-29-6-5-7-30(29)25-36(26-35)40(32-14-10-28(2)11-15-32)34-18-22-38(42-4)23-19-34/h5-26H,1-4H3. The van der Waals surface area contributed by atoms with Crippen molar-refractivity contribution in [2.75, 3.05) is 24.0 Å². The predicted octanol–water partition coefficient (Wildman–Crippen LogP) is 10.4. The summed E-state index contributed by atoms with van der Waals surface area (Å²) in [6, 6.07) is 47.1. The van der Waals surface area contributed by atoms with Crippen LogP contribution in [0.2, 0.25) is 0 Å². The van der Waals surface area contributed by atoms with E-state index in [2.05, 4.69) is 133 Å². The van der Waals surface area contributed by atoms with Gasteiger partial charge in [0.1, 0.15) is 11.5 Å². The lowest BCUT2D eigenvalue weighted by molar-refractivity contribution is 0.414. The summed E-state index contributed by atoms with van der Waals surface area (Å²) in [7, 11) is 3.39. The van der Waals surface area contributed by atoms with Gasteiger partial charge in [-0.05, 0) is 116 Å². The zero-order chi connectivity index (χ0) is 29.1. The fraction of sp³-hybridized carbons (Fsp3) is 0.105. The van der Waals surface area contributed by atoms with Crippen molar-refractivity contribution in [2.45, 2.75) is 13.8 Å². The van der Waals surface area contributed by atoms with Gasteiger partial charge in [-0.2, -0.15) is 0 Å². The average Bonchev–Trinajstić information content (AvgIpc) is 3.38. The highest BCUT2D eigenvalue weighted by Crippen LogP contribution is 2.43. The monoisotopic (exact) mass is 550 g/mol. The molecule has 2 aliphatic carbocycles. The van der Waals surface area contributed by atoms with Crippen LogP contribution in [0.1, 0.15) is 11.1 Å². The second-order valence-electron chi connectivity index (χ2n) is 10.5. The van der Waals surface area contributed by atoms with Gasteiger partial charge in [-0.1, -0.05) is 53.6 Å². The second-order valence-corrected chi connectivity index (χ2v) is 10.5. The molecule has 0 N–H and O–H groups in total. The van der Waals surface area contributed by atoms with Crippen molar-refractivity contribution in [1.82, 2.24) is 0 Å². The first-order chi connectivity index (χ1) is 20.5. The number of benzene rings is 4. The van der Waals surface area contributed by atoms with Crippen LogP contribution in [0.25, 0.3) is 11.1 Å². The number of aryl methyl sites for hydroxylation is 2. The molecule has 0 radical (unpaired) electrons. The highest BCUT2D eigenvalue weighted by atomic mass is 16.5. The molecule has 0 heterocycles. The summed E-state index contributed by atoms with van der Waals surface area (Å²) in [5.74, 6) is 1.65. The average molecular weight is 551 g/mol. The highest BCUT2D eigenvalue weighted by Gasteiger charge is 2.19. The molecule has 4 heteroatoms. The van der Waals surface area contributed by atoms with E-state index in [1.54, 1.807) is 14.2 Å². The Balaban J connectivity index is 1.59. The lowest BCUT2D eigenvalue weighted by atomic mass is 10.1. The van der Waals surface area contributed by atoms with Gasteiger partial charge in [0.2, 0.25) is 0 Å². The molecular weight excluding hydrogens is 516 g/mol. The Bertz CT molecular complexity index is 1610. The lowest BCUT2D eigenvalue weighted by Crippen LogP contribution is -2.12. The molecule has 0 unspecified atom stereocenters. The van der Waals surface area contributed by atoms with Gasteiger partial charge in [0.15, 0.2) is 0 Å². The molecule has 0 atom stereocenters. The normalized spacial score (nSPS) is 10.9. The summed E-state index contributed by atoms with van der Waals surface area (Å²) in [5.41, 5.74) is 11.1. The molecule has 208 valence electrons. The van der Waals surface area contributed by atoms with Gasteiger partial charge in [-0.15, -0.1) is 0 Å². The minimum atomic E-state index is 0.824. The van der Waals surface area contributed by atoms with E-state index in [9.17, 15) is 0 Å². The van der Waals surface area contributed by atoms with Crippen LogP contribution in [0.4, 0.5) is 34.1 Å². The first kappa shape index (κ1) is 27.0. The smallest absolute Gasteiger partial charge is 0.119 e. The van der Waals surface area contributed by atoms with Crippen LogP contribution in [-0.4, -0.2) is 14.2 Å². The molecule has 0 spiro atoms. The zero-order valence-corrected chi connectivity index (χ0v) is 24.4. The third-order valence-corrected chi connectivity index (χ3v) is 7.55. The fourth-order valence-corrected chi connectivity index (χ4v) is 5.27. The van der Waals surface area contributed by atoms with Crippen molar-refractivity contribution in [1.29, 1.82) is 0 Å². The van der Waals surface area contributed by atoms with Gasteiger partial charge in [0, 0.05) is 34.1 Å². The molecule has 0 aromatic heterocycles. The fourth-order valence-electron chi connectivity index (χ4n) is 5.27. The maximum absolute atomic E-state index is 5.48. The van der Waals surface area contributed by atoms with Gasteiger partial charge >= 0.3 is 0 Å². The van der Waals surface area contributed by atoms with Gasteiger partial charge in [-0.3, -0.25) is 0 Å². The molecule has 0 amide bonds. The summed E-state index contributed by atoms with van der Waals surface area (Å²) in [5, 5.41) is 0. The molecule has 4 aromatic rings. The van der Waals surface area contributed by atoms with Crippen molar-refractivity contribution in [3.63, 3.8) is 0 Å². The van der Waals surface area contributed by atoms with E-state index in [1.165, 1.54) is 22.3 Å². The Hall–Kier alpha value is -5.22. The van der Waals surface area contributed by atoms with E-state index < -0.39 is 0 Å². The molecule has 0 saturated heterocycles. The molecular formula is C38H34N2O2. The first-order valence-electron chi connectivity index (χ1n) is 14.1. The number of rotatable bonds is 8. The molecule has 0 bridgehead atoms. The Morgan fingerprint density at radius 1 is 0.381 bits per heavy atom. The van der Waals surface area contributed by atoms with E-state index >= 15 is 0 Å². The van der Waals surface area contributed by atoms with Crippen molar-refractivity contribution in [3.8, 4) is 22.6 Å². The maximum Gasteiger partial charge on any atom is 0.119 e. The molecule has 4 aromatic carbocycles. The Morgan fingerprint density at radius 3 is 1.05 bits per heavy atom. The topological polar surface area (TPSA) is 24.9 Å². The van der Waals surface area contributed by atoms with Gasteiger partial charge in [0.25, 0.3) is 0 Å². The second kappa shape index (κ2) is 11.7. The van der Waals surface area contributed by atoms with E-state index in [4.69, 9.17) is 9.47 Å². The number of fused-ring (bicyclic) bond motifs is 1. The number of hydrogen-bond acceptors (Lipinski definition) is 4. The molecule has 42 heavy (non-hydrogen) atoms. The maximum atomic E-state index is 5.48. The number of methoxy groups -OCH3 is 2. The quantitative estimate of drug-likeness (QED) is 0.188. The number of nitrogens with zero attached hydrogens (tertiary/aromatic N) is 2. The predicted molar refractivity (Wildman–Crippen MR) is 175 cm³/mol. The third kappa shape index (κ3) is 5.52. The third-order valence-electron chi connectivity index (χ3n) is 7.55. The number of hydrogen-bond donors (Lipinski definition) is 0. The zero-order valence-electron chi connectivity index (χ0n) is 24.4. The minimum absolute atomic E-state index is 0.824. The highest BCUT2D eigenvalue weighted by molar-refractivity contribution is 5.87. The molecule has 4 nitrogen and oxygen atoms in total. The lowest BCUT2D eigenvalue weighted by Gasteiger charge is -2.28. The summed E-state index contributed by atoms with van der Waals surface area (Å²) in [6.07, 6.45) is 0. The van der Waals surface area contributed by atoms with Crippen molar-refractivity contribution >= 4 is 34.1 Å². The van der Waals surface area contributed by atoms with E-state index in [0.29, 0.717) is 0 Å². The van der Waals surface area contributed by atoms with Crippen LogP contribution in [0.15, 0.2) is 133 Å². The molecule has 6 rings (SSSR count). The number of anilines is 6. The summed E-state index contributed by atoms with van der Waals surface area (Å²) < 4.78 is 11.0. The van der Waals surface area contributed by atoms with Crippen molar-refractivity contribution in [3.05, 3.63) is 145 Å². The van der Waals surface area contributed by atoms with Crippen molar-refractivity contribution < 1.29 is 9.47 Å². The molecule has 0 aliphatic heterocycles. The molecule has 0 saturated carbocycles. The van der Waals surface area contributed by atoms with Crippen LogP contribution >= 0.6 is 0 Å². The van der Waals surface area contributed by atoms with Gasteiger partial charge < -0.3 is 19.3 Å². The Morgan fingerprint density at radius 2 is 0.714 bits per heavy atom. The van der Waals surface area contributed by atoms with E-state index in [-0.39, 0.29) is 0 Å². The summed E-state index contributed by atoms with van der Waals surface area (Å²) in [4.78, 5) is 4.60. The van der Waals surface area contributed by atoms with Crippen LogP contribution in [0, 0.1) is 13.8 Å². The van der Waals surface area contributed by atoms with Crippen LogP contribution in [-0.2, 0) is 0 Å². The largest absolute Gasteiger partial charge is 0.497 e. The van der Waals surface area contributed by atoms with Gasteiger partial charge in [-0.25, -0.2) is 0 Å². The SMILES string of the molecule is COc1ccc(N(c2ccc(C)cc2)c2cc3cccc-3cc(N(c3ccc(C)cc3)c3ccc(OC)cc3)c2)cc1. The summed E-state index contributed by atoms with van der Waals surface area (Å²) in [6.45, 7) is 4.23. The minimum Gasteiger partial charge on any atom is -0.497 e. The van der Waals surface area contributed by atoms with Crippen LogP contribution in [0.5, 0.6) is 11.5 Å². The van der Waals surface area contributed by atoms with Crippen LogP contribution < -0.4 is 19.3 Å². The molecule has 2 aliphatic rings. The summed E-state index contributed by atoms with van der Waals surface area (Å²) >= 11 is 0. The van der Waals surface area contributed by atoms with Crippen LogP contribution in [0.3, 0.4) is 0 Å². The van der Waals surface area contributed by atoms with Gasteiger partial charge in [0.05, 0.1) is 14.2 Å². The number of ether oxygens (including phenoxy) is 2.